The zero-order chi connectivity index (χ0) is 50.9. The second-order valence-corrected chi connectivity index (χ2v) is 23.8. The van der Waals surface area contributed by atoms with Crippen molar-refractivity contribution in [1.29, 1.82) is 0 Å². The largest absolute Gasteiger partial charge is 0.456 e. The Balaban J connectivity index is 1.17. The molecule has 6 heteroatoms. The highest BCUT2D eigenvalue weighted by molar-refractivity contribution is 7.00. The van der Waals surface area contributed by atoms with E-state index in [-0.39, 0.29) is 23.0 Å². The van der Waals surface area contributed by atoms with Gasteiger partial charge in [0.25, 0.3) is 6.71 Å². The van der Waals surface area contributed by atoms with E-state index in [2.05, 4.69) is 258 Å². The molecule has 2 aliphatic heterocycles. The summed E-state index contributed by atoms with van der Waals surface area (Å²) in [5.74, 6) is 0. The number of rotatable bonds is 3. The number of aryl methyl sites for hydroxylation is 1. The lowest BCUT2D eigenvalue weighted by atomic mass is 9.33. The summed E-state index contributed by atoms with van der Waals surface area (Å²) in [6.07, 6.45) is 0. The Labute approximate surface area is 429 Å². The molecule has 0 N–H and O–H groups in total. The van der Waals surface area contributed by atoms with Crippen molar-refractivity contribution in [3.05, 3.63) is 193 Å². The molecular formula is C67H59BN4O. The molecule has 0 saturated carbocycles. The number of para-hydroxylation sites is 3. The Bertz CT molecular complexity index is 4340. The third kappa shape index (κ3) is 6.22. The second kappa shape index (κ2) is 15.1. The van der Waals surface area contributed by atoms with Crippen LogP contribution in [0.4, 0.5) is 34.1 Å². The standard InChI is InChI=1S/C67H59BN4O/c1-65(2,3)40-26-31-43(32-27-40)70-52-35-30-42(67(7,8)9)38-48(52)68-49-39-56(72-51-22-15-12-19-46(51)59-53(72)36-37-58-60(59)47-20-13-16-25-57(47)73-58)64-61(45-18-11-14-21-50(45)69(64)10)63(49)71(55-24-17-23-54(70)62(55)68)44-33-28-41(29-34-44)66(4,5)6/h11-39H,1-10H3/i17D. The van der Waals surface area contributed by atoms with E-state index in [0.29, 0.717) is 6.04 Å². The van der Waals surface area contributed by atoms with Gasteiger partial charge in [-0.15, -0.1) is 0 Å². The zero-order valence-corrected chi connectivity index (χ0v) is 43.4. The lowest BCUT2D eigenvalue weighted by Crippen LogP contribution is -2.61. The number of nitrogens with zero attached hydrogens (tertiary/aromatic N) is 4. The first-order chi connectivity index (χ1) is 35.5. The molecule has 0 fully saturated rings. The van der Waals surface area contributed by atoms with Crippen LogP contribution in [0.5, 0.6) is 0 Å². The molecule has 356 valence electrons. The molecule has 0 unspecified atom stereocenters. The van der Waals surface area contributed by atoms with Gasteiger partial charge in [-0.2, -0.15) is 0 Å². The number of anilines is 6. The van der Waals surface area contributed by atoms with Gasteiger partial charge in [-0.1, -0.05) is 159 Å². The quantitative estimate of drug-likeness (QED) is 0.165. The molecule has 0 spiro atoms. The molecule has 9 aromatic carbocycles. The van der Waals surface area contributed by atoms with Gasteiger partial charge in [0.15, 0.2) is 0 Å². The van der Waals surface area contributed by atoms with Crippen molar-refractivity contribution in [2.45, 2.75) is 78.6 Å². The topological polar surface area (TPSA) is 29.5 Å². The summed E-state index contributed by atoms with van der Waals surface area (Å²) >= 11 is 0. The van der Waals surface area contributed by atoms with Crippen LogP contribution in [0.15, 0.2) is 180 Å². The zero-order valence-electron chi connectivity index (χ0n) is 44.4. The summed E-state index contributed by atoms with van der Waals surface area (Å²) in [5.41, 5.74) is 21.3. The summed E-state index contributed by atoms with van der Waals surface area (Å²) in [6.45, 7) is 20.5. The highest BCUT2D eigenvalue weighted by Crippen LogP contribution is 2.51. The Hall–Kier alpha value is -7.96. The van der Waals surface area contributed by atoms with E-state index >= 15 is 0 Å². The van der Waals surface area contributed by atoms with E-state index in [1.807, 2.05) is 0 Å². The van der Waals surface area contributed by atoms with Crippen LogP contribution in [-0.4, -0.2) is 15.8 Å². The minimum Gasteiger partial charge on any atom is -0.456 e. The Morgan fingerprint density at radius 2 is 1.00 bits per heavy atom. The average Bonchev–Trinajstić information content (AvgIpc) is 4.06. The molecule has 0 bridgehead atoms. The summed E-state index contributed by atoms with van der Waals surface area (Å²) < 4.78 is 21.3. The number of hydrogen-bond acceptors (Lipinski definition) is 3. The highest BCUT2D eigenvalue weighted by atomic mass is 16.3. The second-order valence-electron chi connectivity index (χ2n) is 23.8. The predicted molar refractivity (Wildman–Crippen MR) is 312 cm³/mol. The first-order valence-electron chi connectivity index (χ1n) is 26.4. The van der Waals surface area contributed by atoms with Gasteiger partial charge in [-0.25, -0.2) is 0 Å². The van der Waals surface area contributed by atoms with E-state index in [4.69, 9.17) is 4.42 Å². The van der Waals surface area contributed by atoms with Crippen LogP contribution in [0.3, 0.4) is 0 Å². The van der Waals surface area contributed by atoms with Crippen molar-refractivity contribution in [2.24, 2.45) is 7.05 Å². The molecule has 3 aromatic heterocycles. The lowest BCUT2D eigenvalue weighted by molar-refractivity contribution is 0.590. The number of furan rings is 1. The predicted octanol–water partition coefficient (Wildman–Crippen LogP) is 16.3. The van der Waals surface area contributed by atoms with Crippen LogP contribution in [-0.2, 0) is 23.3 Å². The van der Waals surface area contributed by atoms with Crippen LogP contribution in [0, 0.1) is 0 Å². The van der Waals surface area contributed by atoms with Gasteiger partial charge in [-0.05, 0) is 128 Å². The van der Waals surface area contributed by atoms with Gasteiger partial charge in [0.2, 0.25) is 0 Å². The van der Waals surface area contributed by atoms with E-state index in [1.165, 1.54) is 54.6 Å². The van der Waals surface area contributed by atoms with Crippen molar-refractivity contribution >= 4 is 123 Å². The molecule has 14 rings (SSSR count). The van der Waals surface area contributed by atoms with Crippen molar-refractivity contribution in [3.63, 3.8) is 0 Å². The van der Waals surface area contributed by atoms with Crippen molar-refractivity contribution < 1.29 is 5.79 Å². The third-order valence-electron chi connectivity index (χ3n) is 16.3. The minimum absolute atomic E-state index is 0.00259. The molecule has 5 nitrogen and oxygen atoms in total. The fourth-order valence-corrected chi connectivity index (χ4v) is 12.6. The van der Waals surface area contributed by atoms with Gasteiger partial charge >= 0.3 is 0 Å². The van der Waals surface area contributed by atoms with Crippen LogP contribution >= 0.6 is 0 Å². The lowest BCUT2D eigenvalue weighted by Gasteiger charge is -2.45. The Morgan fingerprint density at radius 1 is 0.438 bits per heavy atom. The summed E-state index contributed by atoms with van der Waals surface area (Å²) in [4.78, 5) is 4.96. The van der Waals surface area contributed by atoms with Gasteiger partial charge in [-0.3, -0.25) is 0 Å². The van der Waals surface area contributed by atoms with Crippen molar-refractivity contribution in [3.8, 4) is 5.69 Å². The Morgan fingerprint density at radius 3 is 1.66 bits per heavy atom. The number of fused-ring (bicyclic) bond motifs is 15. The Kier molecular flexibility index (Phi) is 8.80. The molecular weight excluding hydrogens is 888 g/mol. The molecule has 73 heavy (non-hydrogen) atoms. The number of benzene rings is 9. The molecule has 0 amide bonds. The summed E-state index contributed by atoms with van der Waals surface area (Å²) in [7, 11) is 2.24. The van der Waals surface area contributed by atoms with E-state index in [1.54, 1.807) is 0 Å². The van der Waals surface area contributed by atoms with Crippen LogP contribution in [0.2, 0.25) is 0 Å². The summed E-state index contributed by atoms with van der Waals surface area (Å²) in [5, 5.41) is 7.01. The highest BCUT2D eigenvalue weighted by Gasteiger charge is 2.45. The van der Waals surface area contributed by atoms with Crippen molar-refractivity contribution in [2.75, 3.05) is 9.80 Å². The first-order valence-corrected chi connectivity index (χ1v) is 25.9. The minimum atomic E-state index is -0.192. The average molecular weight is 948 g/mol. The van der Waals surface area contributed by atoms with E-state index in [9.17, 15) is 1.37 Å². The van der Waals surface area contributed by atoms with Crippen LogP contribution in [0.1, 0.15) is 80.4 Å². The van der Waals surface area contributed by atoms with Crippen LogP contribution in [0.25, 0.3) is 71.2 Å². The van der Waals surface area contributed by atoms with Gasteiger partial charge in [0.05, 0.1) is 29.3 Å². The molecule has 2 aliphatic rings. The maximum absolute atomic E-state index is 9.80. The van der Waals surface area contributed by atoms with Gasteiger partial charge in [0, 0.05) is 73.3 Å². The monoisotopic (exact) mass is 947 g/mol. The molecule has 0 saturated heterocycles. The number of aromatic nitrogens is 2. The molecule has 0 atom stereocenters. The molecule has 5 heterocycles. The maximum Gasteiger partial charge on any atom is 0.252 e. The third-order valence-corrected chi connectivity index (χ3v) is 16.3. The molecule has 12 aromatic rings. The van der Waals surface area contributed by atoms with E-state index in [0.717, 1.165) is 83.8 Å². The fourth-order valence-electron chi connectivity index (χ4n) is 12.6. The molecule has 0 radical (unpaired) electrons. The fraction of sp³-hybridized carbons (Fsp3) is 0.194. The number of hydrogen-bond donors (Lipinski definition) is 0. The van der Waals surface area contributed by atoms with Crippen molar-refractivity contribution in [1.82, 2.24) is 9.13 Å². The molecule has 0 aliphatic carbocycles. The van der Waals surface area contributed by atoms with Gasteiger partial charge < -0.3 is 23.4 Å². The smallest absolute Gasteiger partial charge is 0.252 e. The normalized spacial score (nSPS) is 14.0. The first kappa shape index (κ1) is 42.7. The van der Waals surface area contributed by atoms with Gasteiger partial charge in [0.1, 0.15) is 11.2 Å². The summed E-state index contributed by atoms with van der Waals surface area (Å²) in [6, 6.07) is 63.6. The van der Waals surface area contributed by atoms with E-state index < -0.39 is 0 Å². The SMILES string of the molecule is [2H]c1cc2c3c(c1)N(c1ccc(C(C)(C)C)cc1)c1c(cc(-n4c5ccccc5c5c6c(ccc54)oc4ccccc46)c4c1c1ccccc1n4C)B3c1cc(C(C)(C)C)ccc1N2c1ccc(C(C)(C)C)cc1. The maximum atomic E-state index is 9.80. The van der Waals surface area contributed by atoms with Crippen LogP contribution < -0.4 is 26.2 Å².